The molecular formula is C23H28N2O2. The van der Waals surface area contributed by atoms with Gasteiger partial charge in [0.2, 0.25) is 5.91 Å². The van der Waals surface area contributed by atoms with Crippen molar-refractivity contribution in [2.24, 2.45) is 0 Å². The number of nitrogens with zero attached hydrogens (tertiary/aromatic N) is 1. The number of amides is 1. The summed E-state index contributed by atoms with van der Waals surface area (Å²) in [4.78, 5) is 14.5. The Balaban J connectivity index is 1.50. The van der Waals surface area contributed by atoms with Crippen LogP contribution in [0.2, 0.25) is 0 Å². The van der Waals surface area contributed by atoms with Crippen molar-refractivity contribution in [3.05, 3.63) is 76.9 Å². The summed E-state index contributed by atoms with van der Waals surface area (Å²) in [5.41, 5.74) is 4.62. The van der Waals surface area contributed by atoms with Crippen LogP contribution in [0.25, 0.3) is 6.08 Å². The Morgan fingerprint density at radius 3 is 2.78 bits per heavy atom. The van der Waals surface area contributed by atoms with Crippen LogP contribution in [0.3, 0.4) is 0 Å². The van der Waals surface area contributed by atoms with Crippen LogP contribution in [-0.2, 0) is 22.6 Å². The predicted molar refractivity (Wildman–Crippen MR) is 109 cm³/mol. The zero-order valence-electron chi connectivity index (χ0n) is 16.2. The van der Waals surface area contributed by atoms with Crippen LogP contribution in [0.15, 0.2) is 54.6 Å². The van der Waals surface area contributed by atoms with E-state index in [0.717, 1.165) is 37.4 Å². The molecule has 2 aromatic rings. The first-order chi connectivity index (χ1) is 13.1. The third kappa shape index (κ3) is 6.35. The molecule has 1 heterocycles. The fourth-order valence-corrected chi connectivity index (χ4v) is 3.23. The molecule has 0 aliphatic carbocycles. The van der Waals surface area contributed by atoms with Crippen LogP contribution in [-0.4, -0.2) is 36.6 Å². The Bertz CT molecular complexity index is 783. The molecule has 1 atom stereocenters. The van der Waals surface area contributed by atoms with Crippen molar-refractivity contribution in [2.75, 3.05) is 19.7 Å². The maximum Gasteiger partial charge on any atom is 0.244 e. The van der Waals surface area contributed by atoms with Gasteiger partial charge in [-0.1, -0.05) is 54.1 Å². The van der Waals surface area contributed by atoms with Gasteiger partial charge >= 0.3 is 0 Å². The number of benzene rings is 2. The molecule has 1 saturated heterocycles. The molecule has 142 valence electrons. The maximum absolute atomic E-state index is 12.1. The largest absolute Gasteiger partial charge is 0.376 e. The molecule has 4 nitrogen and oxygen atoms in total. The monoisotopic (exact) mass is 364 g/mol. The summed E-state index contributed by atoms with van der Waals surface area (Å²) in [6.07, 6.45) is 3.72. The minimum atomic E-state index is -0.0806. The Kier molecular flexibility index (Phi) is 6.80. The van der Waals surface area contributed by atoms with Crippen LogP contribution in [0.4, 0.5) is 0 Å². The van der Waals surface area contributed by atoms with Crippen molar-refractivity contribution in [1.82, 2.24) is 10.2 Å². The second-order valence-corrected chi connectivity index (χ2v) is 7.20. The van der Waals surface area contributed by atoms with Gasteiger partial charge in [0.25, 0.3) is 0 Å². The van der Waals surface area contributed by atoms with Gasteiger partial charge in [-0.3, -0.25) is 9.69 Å². The first-order valence-corrected chi connectivity index (χ1v) is 9.53. The Morgan fingerprint density at radius 2 is 2.00 bits per heavy atom. The molecule has 0 bridgehead atoms. The van der Waals surface area contributed by atoms with Gasteiger partial charge in [0.15, 0.2) is 0 Å². The lowest BCUT2D eigenvalue weighted by Gasteiger charge is -2.31. The molecule has 1 amide bonds. The van der Waals surface area contributed by atoms with Gasteiger partial charge in [0, 0.05) is 32.3 Å². The number of hydrogen-bond acceptors (Lipinski definition) is 3. The molecule has 1 aliphatic rings. The number of carbonyl (C=O) groups excluding carboxylic acids is 1. The highest BCUT2D eigenvalue weighted by Gasteiger charge is 2.16. The van der Waals surface area contributed by atoms with Gasteiger partial charge < -0.3 is 10.1 Å². The molecule has 0 spiro atoms. The molecule has 0 saturated carbocycles. The smallest absolute Gasteiger partial charge is 0.244 e. The van der Waals surface area contributed by atoms with Gasteiger partial charge in [0.05, 0.1) is 12.7 Å². The van der Waals surface area contributed by atoms with Crippen LogP contribution in [0, 0.1) is 6.92 Å². The number of rotatable bonds is 6. The normalized spacial score (nSPS) is 17.9. The summed E-state index contributed by atoms with van der Waals surface area (Å²) >= 11 is 0. The predicted octanol–water partition coefficient (Wildman–Crippen LogP) is 3.55. The van der Waals surface area contributed by atoms with Crippen LogP contribution < -0.4 is 5.32 Å². The summed E-state index contributed by atoms with van der Waals surface area (Å²) in [5, 5.41) is 2.96. The van der Waals surface area contributed by atoms with Crippen LogP contribution in [0.5, 0.6) is 0 Å². The van der Waals surface area contributed by atoms with Crippen molar-refractivity contribution < 1.29 is 9.53 Å². The molecule has 1 unspecified atom stereocenters. The van der Waals surface area contributed by atoms with E-state index in [4.69, 9.17) is 4.74 Å². The minimum Gasteiger partial charge on any atom is -0.376 e. The summed E-state index contributed by atoms with van der Waals surface area (Å²) in [6.45, 7) is 8.34. The molecule has 1 aliphatic heterocycles. The summed E-state index contributed by atoms with van der Waals surface area (Å²) in [5.74, 6) is -0.0806. The highest BCUT2D eigenvalue weighted by Crippen LogP contribution is 2.12. The van der Waals surface area contributed by atoms with Gasteiger partial charge in [-0.05, 0) is 36.6 Å². The van der Waals surface area contributed by atoms with E-state index in [9.17, 15) is 4.79 Å². The van der Waals surface area contributed by atoms with Crippen molar-refractivity contribution in [3.63, 3.8) is 0 Å². The van der Waals surface area contributed by atoms with E-state index < -0.39 is 0 Å². The number of morpholine rings is 1. The summed E-state index contributed by atoms with van der Waals surface area (Å²) < 4.78 is 5.60. The number of ether oxygens (including phenoxy) is 1. The SMILES string of the molecule is Cc1ccc(/C=C/C(=O)NCc2cccc(CN3CCOC(C)C3)c2)cc1. The molecule has 0 aromatic heterocycles. The lowest BCUT2D eigenvalue weighted by Crippen LogP contribution is -2.40. The number of carbonyl (C=O) groups is 1. The molecular weight excluding hydrogens is 336 g/mol. The quantitative estimate of drug-likeness (QED) is 0.797. The molecule has 1 fully saturated rings. The van der Waals surface area contributed by atoms with Gasteiger partial charge in [-0.25, -0.2) is 0 Å². The van der Waals surface area contributed by atoms with Crippen molar-refractivity contribution in [3.8, 4) is 0 Å². The van der Waals surface area contributed by atoms with E-state index in [2.05, 4.69) is 41.4 Å². The average molecular weight is 364 g/mol. The highest BCUT2D eigenvalue weighted by molar-refractivity contribution is 5.91. The fourth-order valence-electron chi connectivity index (χ4n) is 3.23. The van der Waals surface area contributed by atoms with Gasteiger partial charge in [-0.15, -0.1) is 0 Å². The first-order valence-electron chi connectivity index (χ1n) is 9.53. The number of nitrogens with one attached hydrogen (secondary N) is 1. The van der Waals surface area contributed by atoms with E-state index in [-0.39, 0.29) is 5.91 Å². The Morgan fingerprint density at radius 1 is 1.22 bits per heavy atom. The topological polar surface area (TPSA) is 41.6 Å². The highest BCUT2D eigenvalue weighted by atomic mass is 16.5. The van der Waals surface area contributed by atoms with Crippen LogP contribution >= 0.6 is 0 Å². The third-order valence-electron chi connectivity index (χ3n) is 4.69. The molecule has 4 heteroatoms. The number of hydrogen-bond donors (Lipinski definition) is 1. The lowest BCUT2D eigenvalue weighted by atomic mass is 10.1. The van der Waals surface area contributed by atoms with Crippen molar-refractivity contribution in [2.45, 2.75) is 33.0 Å². The van der Waals surface area contributed by atoms with Gasteiger partial charge in [-0.2, -0.15) is 0 Å². The zero-order chi connectivity index (χ0) is 19.1. The fraction of sp³-hybridized carbons (Fsp3) is 0.348. The van der Waals surface area contributed by atoms with Crippen molar-refractivity contribution >= 4 is 12.0 Å². The summed E-state index contributed by atoms with van der Waals surface area (Å²) in [6, 6.07) is 16.5. The third-order valence-corrected chi connectivity index (χ3v) is 4.69. The molecule has 1 N–H and O–H groups in total. The van der Waals surface area contributed by atoms with E-state index >= 15 is 0 Å². The van der Waals surface area contributed by atoms with E-state index in [1.807, 2.05) is 37.3 Å². The van der Waals surface area contributed by atoms with E-state index in [1.54, 1.807) is 6.08 Å². The lowest BCUT2D eigenvalue weighted by molar-refractivity contribution is -0.116. The molecule has 27 heavy (non-hydrogen) atoms. The Labute approximate surface area is 161 Å². The maximum atomic E-state index is 12.1. The van der Waals surface area contributed by atoms with Crippen LogP contribution in [0.1, 0.15) is 29.2 Å². The minimum absolute atomic E-state index is 0.0806. The van der Waals surface area contributed by atoms with E-state index in [1.165, 1.54) is 11.1 Å². The van der Waals surface area contributed by atoms with E-state index in [0.29, 0.717) is 12.6 Å². The molecule has 2 aromatic carbocycles. The standard InChI is InChI=1S/C23H28N2O2/c1-18-6-8-20(9-7-18)10-11-23(26)24-15-21-4-3-5-22(14-21)17-25-12-13-27-19(2)16-25/h3-11,14,19H,12-13,15-17H2,1-2H3,(H,24,26)/b11-10+. The second-order valence-electron chi connectivity index (χ2n) is 7.20. The van der Waals surface area contributed by atoms with Gasteiger partial charge in [0.1, 0.15) is 0 Å². The molecule has 0 radical (unpaired) electrons. The second kappa shape index (κ2) is 9.49. The van der Waals surface area contributed by atoms with Crippen molar-refractivity contribution in [1.29, 1.82) is 0 Å². The zero-order valence-corrected chi connectivity index (χ0v) is 16.2. The molecule has 3 rings (SSSR count). The first kappa shape index (κ1) is 19.3. The Hall–Kier alpha value is -2.43. The average Bonchev–Trinajstić information content (AvgIpc) is 2.66. The number of aryl methyl sites for hydroxylation is 1. The summed E-state index contributed by atoms with van der Waals surface area (Å²) in [7, 11) is 0.